The van der Waals surface area contributed by atoms with Crippen LogP contribution in [0.1, 0.15) is 22.3 Å². The van der Waals surface area contributed by atoms with Crippen LogP contribution in [0, 0.1) is 13.8 Å². The summed E-state index contributed by atoms with van der Waals surface area (Å²) in [4.78, 5) is 0. The molecule has 0 atom stereocenters. The molecule has 0 aromatic heterocycles. The Morgan fingerprint density at radius 2 is 1.28 bits per heavy atom. The molecule has 0 radical (unpaired) electrons. The maximum atomic E-state index is 9.82. The molecule has 0 aliphatic carbocycles. The third-order valence-corrected chi connectivity index (χ3v) is 3.50. The molecule has 0 saturated heterocycles. The van der Waals surface area contributed by atoms with Gasteiger partial charge in [0.1, 0.15) is 0 Å². The van der Waals surface area contributed by atoms with Gasteiger partial charge in [-0.1, -0.05) is 48.5 Å². The fourth-order valence-corrected chi connectivity index (χ4v) is 2.46. The first-order chi connectivity index (χ1) is 8.59. The zero-order valence-electron chi connectivity index (χ0n) is 10.9. The van der Waals surface area contributed by atoms with Gasteiger partial charge in [-0.2, -0.15) is 0 Å². The summed E-state index contributed by atoms with van der Waals surface area (Å²) in [5.74, 6) is 0. The average Bonchev–Trinajstić information content (AvgIpc) is 2.39. The van der Waals surface area contributed by atoms with Gasteiger partial charge in [-0.25, -0.2) is 0 Å². The minimum Gasteiger partial charge on any atom is -0.394 e. The third-order valence-electron chi connectivity index (χ3n) is 3.50. The number of hydrogen-bond acceptors (Lipinski definition) is 2. The molecular weight excluding hydrogens is 222 g/mol. The molecule has 0 bridgehead atoms. The Morgan fingerprint density at radius 1 is 0.889 bits per heavy atom. The number of aliphatic hydroxyl groups is 1. The molecule has 0 fully saturated rings. The summed E-state index contributed by atoms with van der Waals surface area (Å²) in [7, 11) is 0. The Balaban J connectivity index is 2.63. The van der Waals surface area contributed by atoms with E-state index in [4.69, 9.17) is 5.73 Å². The molecule has 0 aliphatic heterocycles. The number of aliphatic hydroxyl groups excluding tert-OH is 1. The minimum absolute atomic E-state index is 0.108. The van der Waals surface area contributed by atoms with Crippen LogP contribution in [-0.2, 0) is 5.54 Å². The smallest absolute Gasteiger partial charge is 0.0905 e. The van der Waals surface area contributed by atoms with Crippen molar-refractivity contribution in [2.45, 2.75) is 19.4 Å². The maximum Gasteiger partial charge on any atom is 0.0905 e. The summed E-state index contributed by atoms with van der Waals surface area (Å²) < 4.78 is 0. The first kappa shape index (κ1) is 12.8. The summed E-state index contributed by atoms with van der Waals surface area (Å²) in [5, 5.41) is 9.82. The normalized spacial score (nSPS) is 11.6. The van der Waals surface area contributed by atoms with Crippen molar-refractivity contribution >= 4 is 0 Å². The highest BCUT2D eigenvalue weighted by Gasteiger charge is 2.31. The molecule has 2 aromatic rings. The van der Waals surface area contributed by atoms with E-state index in [1.165, 1.54) is 0 Å². The Hall–Kier alpha value is -1.64. The third kappa shape index (κ3) is 2.05. The summed E-state index contributed by atoms with van der Waals surface area (Å²) in [6.45, 7) is 3.93. The molecule has 0 saturated carbocycles. The van der Waals surface area contributed by atoms with Crippen molar-refractivity contribution < 1.29 is 5.11 Å². The molecule has 3 N–H and O–H groups in total. The Morgan fingerprint density at radius 3 is 1.61 bits per heavy atom. The second kappa shape index (κ2) is 4.92. The fraction of sp³-hybridized carbons (Fsp3) is 0.250. The largest absolute Gasteiger partial charge is 0.394 e. The Bertz CT molecular complexity index is 503. The summed E-state index contributed by atoms with van der Waals surface area (Å²) in [6.07, 6.45) is 0. The molecule has 0 amide bonds. The summed E-state index contributed by atoms with van der Waals surface area (Å²) in [6, 6.07) is 15.9. The molecule has 18 heavy (non-hydrogen) atoms. The van der Waals surface area contributed by atoms with Crippen LogP contribution < -0.4 is 5.73 Å². The standard InChI is InChI=1S/C16H19NO/c1-12-7-3-5-9-14(12)16(17,11-18)15-10-6-4-8-13(15)2/h3-10,18H,11,17H2,1-2H3. The highest BCUT2D eigenvalue weighted by Crippen LogP contribution is 2.30. The van der Waals surface area contributed by atoms with Gasteiger partial charge in [0, 0.05) is 0 Å². The first-order valence-electron chi connectivity index (χ1n) is 6.11. The Kier molecular flexibility index (Phi) is 3.50. The van der Waals surface area contributed by atoms with Crippen LogP contribution in [0.2, 0.25) is 0 Å². The second-order valence-electron chi connectivity index (χ2n) is 4.76. The monoisotopic (exact) mass is 241 g/mol. The van der Waals surface area contributed by atoms with Crippen LogP contribution in [0.4, 0.5) is 0 Å². The van der Waals surface area contributed by atoms with Crippen LogP contribution in [0.15, 0.2) is 48.5 Å². The highest BCUT2D eigenvalue weighted by molar-refractivity contribution is 5.45. The molecule has 0 aliphatic rings. The maximum absolute atomic E-state index is 9.82. The van der Waals surface area contributed by atoms with Gasteiger partial charge in [-0.15, -0.1) is 0 Å². The van der Waals surface area contributed by atoms with Crippen molar-refractivity contribution in [1.82, 2.24) is 0 Å². The molecule has 94 valence electrons. The van der Waals surface area contributed by atoms with Crippen LogP contribution in [0.25, 0.3) is 0 Å². The van der Waals surface area contributed by atoms with Crippen LogP contribution in [0.5, 0.6) is 0 Å². The first-order valence-corrected chi connectivity index (χ1v) is 6.11. The van der Waals surface area contributed by atoms with E-state index < -0.39 is 5.54 Å². The van der Waals surface area contributed by atoms with E-state index in [0.29, 0.717) is 0 Å². The van der Waals surface area contributed by atoms with Crippen LogP contribution in [0.3, 0.4) is 0 Å². The molecular formula is C16H19NO. The van der Waals surface area contributed by atoms with Crippen molar-refractivity contribution in [3.05, 3.63) is 70.8 Å². The lowest BCUT2D eigenvalue weighted by Crippen LogP contribution is -2.42. The van der Waals surface area contributed by atoms with Crippen molar-refractivity contribution in [2.24, 2.45) is 5.73 Å². The van der Waals surface area contributed by atoms with E-state index in [1.54, 1.807) is 0 Å². The lowest BCUT2D eigenvalue weighted by Gasteiger charge is -2.31. The van der Waals surface area contributed by atoms with Gasteiger partial charge in [-0.3, -0.25) is 0 Å². The zero-order valence-corrected chi connectivity index (χ0v) is 10.9. The molecule has 0 spiro atoms. The molecule has 0 heterocycles. The molecule has 2 heteroatoms. The van der Waals surface area contributed by atoms with Gasteiger partial charge in [0.05, 0.1) is 12.1 Å². The van der Waals surface area contributed by atoms with E-state index in [-0.39, 0.29) is 6.61 Å². The van der Waals surface area contributed by atoms with Gasteiger partial charge < -0.3 is 10.8 Å². The van der Waals surface area contributed by atoms with Crippen LogP contribution >= 0.6 is 0 Å². The lowest BCUT2D eigenvalue weighted by atomic mass is 9.80. The predicted octanol–water partition coefficient (Wildman–Crippen LogP) is 2.50. The minimum atomic E-state index is -0.837. The molecule has 2 aromatic carbocycles. The molecule has 2 nitrogen and oxygen atoms in total. The van der Waals surface area contributed by atoms with Gasteiger partial charge in [0.25, 0.3) is 0 Å². The number of benzene rings is 2. The quantitative estimate of drug-likeness (QED) is 0.867. The Labute approximate surface area is 108 Å². The van der Waals surface area contributed by atoms with E-state index in [0.717, 1.165) is 22.3 Å². The zero-order chi connectivity index (χ0) is 13.2. The van der Waals surface area contributed by atoms with Crippen molar-refractivity contribution in [3.8, 4) is 0 Å². The SMILES string of the molecule is Cc1ccccc1C(N)(CO)c1ccccc1C. The summed E-state index contributed by atoms with van der Waals surface area (Å²) >= 11 is 0. The average molecular weight is 241 g/mol. The van der Waals surface area contributed by atoms with E-state index >= 15 is 0 Å². The topological polar surface area (TPSA) is 46.2 Å². The van der Waals surface area contributed by atoms with Crippen molar-refractivity contribution in [1.29, 1.82) is 0 Å². The number of hydrogen-bond donors (Lipinski definition) is 2. The number of aryl methyl sites for hydroxylation is 2. The number of rotatable bonds is 3. The fourth-order valence-electron chi connectivity index (χ4n) is 2.46. The molecule has 2 rings (SSSR count). The van der Waals surface area contributed by atoms with Crippen LogP contribution in [-0.4, -0.2) is 11.7 Å². The van der Waals surface area contributed by atoms with Crippen molar-refractivity contribution in [3.63, 3.8) is 0 Å². The predicted molar refractivity (Wildman–Crippen MR) is 74.4 cm³/mol. The van der Waals surface area contributed by atoms with E-state index in [1.807, 2.05) is 62.4 Å². The van der Waals surface area contributed by atoms with Gasteiger partial charge >= 0.3 is 0 Å². The van der Waals surface area contributed by atoms with E-state index in [2.05, 4.69) is 0 Å². The van der Waals surface area contributed by atoms with Gasteiger partial charge in [-0.05, 0) is 36.1 Å². The van der Waals surface area contributed by atoms with Gasteiger partial charge in [0.15, 0.2) is 0 Å². The number of nitrogens with two attached hydrogens (primary N) is 1. The van der Waals surface area contributed by atoms with Gasteiger partial charge in [0.2, 0.25) is 0 Å². The lowest BCUT2D eigenvalue weighted by molar-refractivity contribution is 0.222. The highest BCUT2D eigenvalue weighted by atomic mass is 16.3. The van der Waals surface area contributed by atoms with E-state index in [9.17, 15) is 5.11 Å². The second-order valence-corrected chi connectivity index (χ2v) is 4.76. The molecule has 0 unspecified atom stereocenters. The van der Waals surface area contributed by atoms with Crippen molar-refractivity contribution in [2.75, 3.05) is 6.61 Å². The summed E-state index contributed by atoms with van der Waals surface area (Å²) in [5.41, 5.74) is 9.79.